The Kier molecular flexibility index (Phi) is 5.07. The second kappa shape index (κ2) is 6.80. The Bertz CT molecular complexity index is 641. The van der Waals surface area contributed by atoms with E-state index in [4.69, 9.17) is 23.2 Å². The fourth-order valence-corrected chi connectivity index (χ4v) is 2.37. The van der Waals surface area contributed by atoms with Crippen molar-refractivity contribution in [2.75, 3.05) is 6.54 Å². The number of hydrogen-bond donors (Lipinski definition) is 3. The first-order valence-corrected chi connectivity index (χ1v) is 6.92. The molecular weight excluding hydrogens is 313 g/mol. The molecule has 0 fully saturated rings. The van der Waals surface area contributed by atoms with Crippen molar-refractivity contribution in [1.82, 2.24) is 5.32 Å². The highest BCUT2D eigenvalue weighted by molar-refractivity contribution is 6.34. The molecule has 0 aromatic heterocycles. The molecule has 3 N–H and O–H groups in total. The molecular formula is C15H13Cl2NO3. The minimum atomic E-state index is -0.928. The van der Waals surface area contributed by atoms with Crippen LogP contribution in [0.15, 0.2) is 42.5 Å². The number of carbonyl (C=O) groups is 1. The maximum absolute atomic E-state index is 11.9. The third-order valence-electron chi connectivity index (χ3n) is 2.83. The lowest BCUT2D eigenvalue weighted by molar-refractivity contribution is 0.0916. The van der Waals surface area contributed by atoms with Gasteiger partial charge in [0.25, 0.3) is 5.91 Å². The first-order chi connectivity index (χ1) is 9.95. The molecule has 21 heavy (non-hydrogen) atoms. The molecule has 0 saturated carbocycles. The Morgan fingerprint density at radius 2 is 1.81 bits per heavy atom. The SMILES string of the molecule is O=C(NCC(O)c1cc(Cl)cc(Cl)c1)c1cccc(O)c1. The summed E-state index contributed by atoms with van der Waals surface area (Å²) in [6, 6.07) is 10.7. The molecule has 2 aromatic rings. The summed E-state index contributed by atoms with van der Waals surface area (Å²) in [6.45, 7) is 0.00512. The summed E-state index contributed by atoms with van der Waals surface area (Å²) in [6.07, 6.45) is -0.928. The highest BCUT2D eigenvalue weighted by Gasteiger charge is 2.12. The Morgan fingerprint density at radius 1 is 1.14 bits per heavy atom. The summed E-state index contributed by atoms with van der Waals surface area (Å²) in [5, 5.41) is 22.8. The first-order valence-electron chi connectivity index (χ1n) is 6.17. The predicted octanol–water partition coefficient (Wildman–Crippen LogP) is 3.16. The van der Waals surface area contributed by atoms with E-state index in [9.17, 15) is 15.0 Å². The van der Waals surface area contributed by atoms with Gasteiger partial charge in [-0.3, -0.25) is 4.79 Å². The van der Waals surface area contributed by atoms with Crippen LogP contribution >= 0.6 is 23.2 Å². The van der Waals surface area contributed by atoms with Crippen molar-refractivity contribution >= 4 is 29.1 Å². The lowest BCUT2D eigenvalue weighted by Gasteiger charge is -2.13. The molecule has 110 valence electrons. The second-order valence-electron chi connectivity index (χ2n) is 4.48. The number of rotatable bonds is 4. The fraction of sp³-hybridized carbons (Fsp3) is 0.133. The number of phenols is 1. The van der Waals surface area contributed by atoms with Gasteiger partial charge in [-0.1, -0.05) is 29.3 Å². The van der Waals surface area contributed by atoms with Crippen molar-refractivity contribution in [3.63, 3.8) is 0 Å². The van der Waals surface area contributed by atoms with Crippen LogP contribution in [0, 0.1) is 0 Å². The number of aliphatic hydroxyl groups is 1. The normalized spacial score (nSPS) is 12.0. The zero-order chi connectivity index (χ0) is 15.4. The van der Waals surface area contributed by atoms with Crippen LogP contribution in [0.1, 0.15) is 22.0 Å². The van der Waals surface area contributed by atoms with Gasteiger partial charge in [-0.05, 0) is 42.0 Å². The summed E-state index contributed by atoms with van der Waals surface area (Å²) >= 11 is 11.7. The van der Waals surface area contributed by atoms with Crippen LogP contribution in [-0.2, 0) is 0 Å². The van der Waals surface area contributed by atoms with Crippen LogP contribution < -0.4 is 5.32 Å². The number of hydrogen-bond acceptors (Lipinski definition) is 3. The molecule has 0 aliphatic rings. The molecule has 0 bridgehead atoms. The maximum Gasteiger partial charge on any atom is 0.251 e. The molecule has 0 heterocycles. The van der Waals surface area contributed by atoms with Gasteiger partial charge in [-0.25, -0.2) is 0 Å². The summed E-state index contributed by atoms with van der Waals surface area (Å²) in [5.41, 5.74) is 0.829. The number of benzene rings is 2. The lowest BCUT2D eigenvalue weighted by atomic mass is 10.1. The fourth-order valence-electron chi connectivity index (χ4n) is 1.82. The van der Waals surface area contributed by atoms with Crippen molar-refractivity contribution in [2.24, 2.45) is 0 Å². The molecule has 0 saturated heterocycles. The number of nitrogens with one attached hydrogen (secondary N) is 1. The summed E-state index contributed by atoms with van der Waals surface area (Å²) in [4.78, 5) is 11.9. The zero-order valence-corrected chi connectivity index (χ0v) is 12.4. The minimum Gasteiger partial charge on any atom is -0.508 e. The molecule has 0 radical (unpaired) electrons. The van der Waals surface area contributed by atoms with Gasteiger partial charge < -0.3 is 15.5 Å². The highest BCUT2D eigenvalue weighted by Crippen LogP contribution is 2.23. The number of amides is 1. The Morgan fingerprint density at radius 3 is 2.43 bits per heavy atom. The van der Waals surface area contributed by atoms with Crippen LogP contribution in [0.5, 0.6) is 5.75 Å². The molecule has 6 heteroatoms. The molecule has 4 nitrogen and oxygen atoms in total. The van der Waals surface area contributed by atoms with Gasteiger partial charge in [0.15, 0.2) is 0 Å². The molecule has 1 atom stereocenters. The van der Waals surface area contributed by atoms with E-state index in [0.717, 1.165) is 0 Å². The van der Waals surface area contributed by atoms with Crippen molar-refractivity contribution < 1.29 is 15.0 Å². The zero-order valence-electron chi connectivity index (χ0n) is 10.9. The van der Waals surface area contributed by atoms with E-state index in [1.807, 2.05) is 0 Å². The molecule has 0 aliphatic carbocycles. The average Bonchev–Trinajstić information content (AvgIpc) is 2.43. The summed E-state index contributed by atoms with van der Waals surface area (Å²) in [5.74, 6) is -0.386. The molecule has 2 rings (SSSR count). The van der Waals surface area contributed by atoms with E-state index < -0.39 is 12.0 Å². The van der Waals surface area contributed by atoms with Crippen LogP contribution in [0.4, 0.5) is 0 Å². The number of phenolic OH excluding ortho intramolecular Hbond substituents is 1. The van der Waals surface area contributed by atoms with E-state index in [0.29, 0.717) is 21.2 Å². The predicted molar refractivity (Wildman–Crippen MR) is 81.9 cm³/mol. The monoisotopic (exact) mass is 325 g/mol. The lowest BCUT2D eigenvalue weighted by Crippen LogP contribution is -2.28. The highest BCUT2D eigenvalue weighted by atomic mass is 35.5. The van der Waals surface area contributed by atoms with Gasteiger partial charge in [0.2, 0.25) is 0 Å². The van der Waals surface area contributed by atoms with E-state index in [1.54, 1.807) is 30.3 Å². The van der Waals surface area contributed by atoms with Crippen LogP contribution in [-0.4, -0.2) is 22.7 Å². The molecule has 2 aromatic carbocycles. The van der Waals surface area contributed by atoms with Crippen molar-refractivity contribution in [2.45, 2.75) is 6.10 Å². The average molecular weight is 326 g/mol. The van der Waals surface area contributed by atoms with Crippen molar-refractivity contribution in [3.8, 4) is 5.75 Å². The Hall–Kier alpha value is -1.75. The van der Waals surface area contributed by atoms with Gasteiger partial charge in [0.05, 0.1) is 6.10 Å². The number of halogens is 2. The number of aromatic hydroxyl groups is 1. The van der Waals surface area contributed by atoms with Gasteiger partial charge in [-0.2, -0.15) is 0 Å². The largest absolute Gasteiger partial charge is 0.508 e. The van der Waals surface area contributed by atoms with E-state index in [2.05, 4.69) is 5.32 Å². The maximum atomic E-state index is 11.9. The quantitative estimate of drug-likeness (QED) is 0.808. The number of aliphatic hydroxyl groups excluding tert-OH is 1. The molecule has 1 unspecified atom stereocenters. The van der Waals surface area contributed by atoms with Gasteiger partial charge in [-0.15, -0.1) is 0 Å². The Labute approximate surface area is 131 Å². The topological polar surface area (TPSA) is 69.6 Å². The van der Waals surface area contributed by atoms with Crippen molar-refractivity contribution in [1.29, 1.82) is 0 Å². The molecule has 1 amide bonds. The molecule has 0 spiro atoms. The van der Waals surface area contributed by atoms with Crippen LogP contribution in [0.3, 0.4) is 0 Å². The van der Waals surface area contributed by atoms with E-state index >= 15 is 0 Å². The summed E-state index contributed by atoms with van der Waals surface area (Å²) in [7, 11) is 0. The minimum absolute atomic E-state index is 0.00446. The van der Waals surface area contributed by atoms with Crippen LogP contribution in [0.2, 0.25) is 10.0 Å². The van der Waals surface area contributed by atoms with E-state index in [-0.39, 0.29) is 12.3 Å². The smallest absolute Gasteiger partial charge is 0.251 e. The second-order valence-corrected chi connectivity index (χ2v) is 5.35. The molecule has 0 aliphatic heterocycles. The summed E-state index contributed by atoms with van der Waals surface area (Å²) < 4.78 is 0. The number of carbonyl (C=O) groups excluding carboxylic acids is 1. The van der Waals surface area contributed by atoms with Gasteiger partial charge in [0.1, 0.15) is 5.75 Å². The van der Waals surface area contributed by atoms with Gasteiger partial charge >= 0.3 is 0 Å². The van der Waals surface area contributed by atoms with Gasteiger partial charge in [0, 0.05) is 22.2 Å². The third-order valence-corrected chi connectivity index (χ3v) is 3.27. The van der Waals surface area contributed by atoms with E-state index in [1.165, 1.54) is 12.1 Å². The Balaban J connectivity index is 2.00. The van der Waals surface area contributed by atoms with Crippen molar-refractivity contribution in [3.05, 3.63) is 63.6 Å². The first kappa shape index (κ1) is 15.6. The third kappa shape index (κ3) is 4.36. The standard InChI is InChI=1S/C15H13Cl2NO3/c16-11-4-10(5-12(17)7-11)14(20)8-18-15(21)9-2-1-3-13(19)6-9/h1-7,14,19-20H,8H2,(H,18,21). The van der Waals surface area contributed by atoms with Crippen LogP contribution in [0.25, 0.3) is 0 Å².